The van der Waals surface area contributed by atoms with Crippen LogP contribution in [0.4, 0.5) is 0 Å². The van der Waals surface area contributed by atoms with E-state index in [1.165, 1.54) is 0 Å². The zero-order valence-electron chi connectivity index (χ0n) is 11.5. The SMILES string of the molecule is CCOc1ccc(C(=O)COCc2ccccc2)cc1. The summed E-state index contributed by atoms with van der Waals surface area (Å²) in [5.41, 5.74) is 1.70. The van der Waals surface area contributed by atoms with E-state index in [2.05, 4.69) is 0 Å². The highest BCUT2D eigenvalue weighted by atomic mass is 16.5. The molecule has 0 unspecified atom stereocenters. The van der Waals surface area contributed by atoms with E-state index in [4.69, 9.17) is 9.47 Å². The molecule has 0 aliphatic rings. The summed E-state index contributed by atoms with van der Waals surface area (Å²) in [5, 5.41) is 0. The number of ketones is 1. The van der Waals surface area contributed by atoms with Gasteiger partial charge in [-0.2, -0.15) is 0 Å². The molecule has 0 aliphatic heterocycles. The molecule has 0 atom stereocenters. The second-order valence-corrected chi connectivity index (χ2v) is 4.36. The summed E-state index contributed by atoms with van der Waals surface area (Å²) in [4.78, 5) is 11.9. The number of Topliss-reactive ketones (excluding diaryl/α,β-unsaturated/α-hetero) is 1. The number of rotatable bonds is 7. The first kappa shape index (κ1) is 14.3. The van der Waals surface area contributed by atoms with Gasteiger partial charge in [-0.3, -0.25) is 4.79 Å². The zero-order valence-corrected chi connectivity index (χ0v) is 11.5. The van der Waals surface area contributed by atoms with Gasteiger partial charge in [-0.05, 0) is 36.8 Å². The molecule has 0 spiro atoms. The fraction of sp³-hybridized carbons (Fsp3) is 0.235. The average Bonchev–Trinajstić information content (AvgIpc) is 2.49. The molecule has 2 aromatic rings. The lowest BCUT2D eigenvalue weighted by molar-refractivity contribution is 0.0726. The Hall–Kier alpha value is -2.13. The Morgan fingerprint density at radius 1 is 1.00 bits per heavy atom. The zero-order chi connectivity index (χ0) is 14.2. The molecule has 0 radical (unpaired) electrons. The number of benzene rings is 2. The van der Waals surface area contributed by atoms with Crippen LogP contribution >= 0.6 is 0 Å². The smallest absolute Gasteiger partial charge is 0.188 e. The van der Waals surface area contributed by atoms with Crippen LogP contribution < -0.4 is 4.74 Å². The van der Waals surface area contributed by atoms with Gasteiger partial charge in [-0.1, -0.05) is 30.3 Å². The summed E-state index contributed by atoms with van der Waals surface area (Å²) in [6, 6.07) is 16.9. The van der Waals surface area contributed by atoms with Crippen LogP contribution in [0.3, 0.4) is 0 Å². The summed E-state index contributed by atoms with van der Waals surface area (Å²) >= 11 is 0. The molecule has 0 aromatic heterocycles. The second-order valence-electron chi connectivity index (χ2n) is 4.36. The molecular weight excluding hydrogens is 252 g/mol. The van der Waals surface area contributed by atoms with Gasteiger partial charge >= 0.3 is 0 Å². The molecule has 0 N–H and O–H groups in total. The van der Waals surface area contributed by atoms with Gasteiger partial charge in [0.15, 0.2) is 5.78 Å². The van der Waals surface area contributed by atoms with Crippen LogP contribution in [0.5, 0.6) is 5.75 Å². The van der Waals surface area contributed by atoms with E-state index in [1.54, 1.807) is 24.3 Å². The van der Waals surface area contributed by atoms with E-state index in [9.17, 15) is 4.79 Å². The maximum atomic E-state index is 11.9. The van der Waals surface area contributed by atoms with Crippen LogP contribution in [0.25, 0.3) is 0 Å². The van der Waals surface area contributed by atoms with Crippen molar-refractivity contribution in [2.45, 2.75) is 13.5 Å². The third kappa shape index (κ3) is 4.21. The molecule has 0 saturated carbocycles. The van der Waals surface area contributed by atoms with E-state index in [0.717, 1.165) is 11.3 Å². The topological polar surface area (TPSA) is 35.5 Å². The van der Waals surface area contributed by atoms with Gasteiger partial charge in [0.25, 0.3) is 0 Å². The Balaban J connectivity index is 1.82. The number of carbonyl (C=O) groups excluding carboxylic acids is 1. The summed E-state index contributed by atoms with van der Waals surface area (Å²) < 4.78 is 10.8. The Morgan fingerprint density at radius 2 is 1.70 bits per heavy atom. The number of hydrogen-bond acceptors (Lipinski definition) is 3. The number of hydrogen-bond donors (Lipinski definition) is 0. The van der Waals surface area contributed by atoms with Gasteiger partial charge in [-0.25, -0.2) is 0 Å². The molecule has 3 nitrogen and oxygen atoms in total. The lowest BCUT2D eigenvalue weighted by Crippen LogP contribution is -2.09. The van der Waals surface area contributed by atoms with Gasteiger partial charge in [0, 0.05) is 5.56 Å². The molecule has 0 amide bonds. The van der Waals surface area contributed by atoms with Gasteiger partial charge in [0.2, 0.25) is 0 Å². The fourth-order valence-corrected chi connectivity index (χ4v) is 1.82. The third-order valence-electron chi connectivity index (χ3n) is 2.83. The van der Waals surface area contributed by atoms with Gasteiger partial charge < -0.3 is 9.47 Å². The van der Waals surface area contributed by atoms with Crippen LogP contribution in [-0.4, -0.2) is 19.0 Å². The molecule has 0 fully saturated rings. The van der Waals surface area contributed by atoms with Crippen molar-refractivity contribution in [1.29, 1.82) is 0 Å². The fourth-order valence-electron chi connectivity index (χ4n) is 1.82. The molecule has 20 heavy (non-hydrogen) atoms. The van der Waals surface area contributed by atoms with Crippen LogP contribution in [-0.2, 0) is 11.3 Å². The molecule has 3 heteroatoms. The number of ether oxygens (including phenoxy) is 2. The monoisotopic (exact) mass is 270 g/mol. The Labute approximate surface area is 119 Å². The largest absolute Gasteiger partial charge is 0.494 e. The summed E-state index contributed by atoms with van der Waals surface area (Å²) in [7, 11) is 0. The van der Waals surface area contributed by atoms with Gasteiger partial charge in [0.1, 0.15) is 12.4 Å². The molecule has 0 heterocycles. The van der Waals surface area contributed by atoms with Crippen molar-refractivity contribution in [2.75, 3.05) is 13.2 Å². The van der Waals surface area contributed by atoms with Crippen LogP contribution in [0.15, 0.2) is 54.6 Å². The van der Waals surface area contributed by atoms with Crippen molar-refractivity contribution in [3.05, 3.63) is 65.7 Å². The van der Waals surface area contributed by atoms with E-state index in [1.807, 2.05) is 37.3 Å². The summed E-state index contributed by atoms with van der Waals surface area (Å²) in [6.45, 7) is 3.08. The van der Waals surface area contributed by atoms with Gasteiger partial charge in [-0.15, -0.1) is 0 Å². The van der Waals surface area contributed by atoms with Crippen molar-refractivity contribution in [1.82, 2.24) is 0 Å². The predicted octanol–water partition coefficient (Wildman–Crippen LogP) is 3.48. The second kappa shape index (κ2) is 7.46. The first-order chi connectivity index (χ1) is 9.79. The van der Waals surface area contributed by atoms with E-state index in [0.29, 0.717) is 18.8 Å². The van der Waals surface area contributed by atoms with Crippen molar-refractivity contribution >= 4 is 5.78 Å². The predicted molar refractivity (Wildman–Crippen MR) is 78.0 cm³/mol. The summed E-state index contributed by atoms with van der Waals surface area (Å²) in [6.07, 6.45) is 0. The first-order valence-electron chi connectivity index (χ1n) is 6.67. The van der Waals surface area contributed by atoms with Crippen LogP contribution in [0.1, 0.15) is 22.8 Å². The average molecular weight is 270 g/mol. The highest BCUT2D eigenvalue weighted by molar-refractivity contribution is 5.97. The minimum atomic E-state index is -0.0241. The third-order valence-corrected chi connectivity index (χ3v) is 2.83. The minimum absolute atomic E-state index is 0.0241. The minimum Gasteiger partial charge on any atom is -0.494 e. The van der Waals surface area contributed by atoms with E-state index >= 15 is 0 Å². The summed E-state index contributed by atoms with van der Waals surface area (Å²) in [5.74, 6) is 0.748. The highest BCUT2D eigenvalue weighted by Gasteiger charge is 2.06. The van der Waals surface area contributed by atoms with Crippen LogP contribution in [0.2, 0.25) is 0 Å². The van der Waals surface area contributed by atoms with Crippen molar-refractivity contribution in [2.24, 2.45) is 0 Å². The van der Waals surface area contributed by atoms with Gasteiger partial charge in [0.05, 0.1) is 13.2 Å². The quantitative estimate of drug-likeness (QED) is 0.722. The molecule has 0 bridgehead atoms. The van der Waals surface area contributed by atoms with Crippen molar-refractivity contribution in [3.8, 4) is 5.75 Å². The highest BCUT2D eigenvalue weighted by Crippen LogP contribution is 2.12. The standard InChI is InChI=1S/C17H18O3/c1-2-20-16-10-8-15(9-11-16)17(18)13-19-12-14-6-4-3-5-7-14/h3-11H,2,12-13H2,1H3. The van der Waals surface area contributed by atoms with E-state index < -0.39 is 0 Å². The molecule has 2 rings (SSSR count). The Morgan fingerprint density at radius 3 is 2.35 bits per heavy atom. The molecule has 0 aliphatic carbocycles. The normalized spacial score (nSPS) is 10.2. The molecule has 104 valence electrons. The Kier molecular flexibility index (Phi) is 5.33. The molecule has 0 saturated heterocycles. The first-order valence-corrected chi connectivity index (χ1v) is 6.67. The van der Waals surface area contributed by atoms with Crippen molar-refractivity contribution in [3.63, 3.8) is 0 Å². The number of carbonyl (C=O) groups is 1. The maximum absolute atomic E-state index is 11.9. The van der Waals surface area contributed by atoms with Crippen LogP contribution in [0, 0.1) is 0 Å². The maximum Gasteiger partial charge on any atom is 0.188 e. The molecular formula is C17H18O3. The lowest BCUT2D eigenvalue weighted by Gasteiger charge is -2.06. The Bertz CT molecular complexity index is 532. The van der Waals surface area contributed by atoms with E-state index in [-0.39, 0.29) is 12.4 Å². The van der Waals surface area contributed by atoms with Crippen molar-refractivity contribution < 1.29 is 14.3 Å². The molecule has 2 aromatic carbocycles. The lowest BCUT2D eigenvalue weighted by atomic mass is 10.1.